The third-order valence-corrected chi connectivity index (χ3v) is 0.970. The molecule has 52 valence electrons. The molecule has 0 aromatic rings. The molecule has 0 aromatic carbocycles. The molecule has 3 nitrogen and oxygen atoms in total. The number of rotatable bonds is 3. The molecule has 3 heteroatoms. The van der Waals surface area contributed by atoms with Crippen molar-refractivity contribution >= 4 is 0 Å². The Kier molecular flexibility index (Phi) is 3.55. The van der Waals surface area contributed by atoms with Crippen LogP contribution in [0.1, 0.15) is 6.92 Å². The van der Waals surface area contributed by atoms with Crippen molar-refractivity contribution in [2.24, 2.45) is 5.84 Å². The van der Waals surface area contributed by atoms with E-state index in [0.29, 0.717) is 5.70 Å². The van der Waals surface area contributed by atoms with Gasteiger partial charge in [0.15, 0.2) is 0 Å². The maximum absolute atomic E-state index is 5.05. The maximum Gasteiger partial charge on any atom is 0.0430 e. The monoisotopic (exact) mass is 127 g/mol. The van der Waals surface area contributed by atoms with Crippen LogP contribution in [0.3, 0.4) is 0 Å². The molecule has 0 heterocycles. The van der Waals surface area contributed by atoms with E-state index in [2.05, 4.69) is 17.3 Å². The zero-order chi connectivity index (χ0) is 7.28. The second-order valence-corrected chi connectivity index (χ2v) is 1.75. The molecule has 0 bridgehead atoms. The van der Waals surface area contributed by atoms with Crippen LogP contribution in [0.2, 0.25) is 0 Å². The number of hydrazine groups is 1. The highest BCUT2D eigenvalue weighted by atomic mass is 15.2. The molecular weight excluding hydrogens is 114 g/mol. The van der Waals surface area contributed by atoms with Crippen molar-refractivity contribution < 1.29 is 0 Å². The highest BCUT2D eigenvalue weighted by Crippen LogP contribution is 1.89. The van der Waals surface area contributed by atoms with E-state index < -0.39 is 0 Å². The van der Waals surface area contributed by atoms with Gasteiger partial charge in [-0.2, -0.15) is 0 Å². The molecule has 0 saturated heterocycles. The van der Waals surface area contributed by atoms with Gasteiger partial charge in [0, 0.05) is 18.4 Å². The van der Waals surface area contributed by atoms with E-state index in [1.807, 2.05) is 20.0 Å². The van der Waals surface area contributed by atoms with Crippen molar-refractivity contribution in [2.75, 3.05) is 7.05 Å². The number of allylic oxidation sites excluding steroid dienone is 2. The van der Waals surface area contributed by atoms with Gasteiger partial charge in [-0.15, -0.1) is 0 Å². The first kappa shape index (κ1) is 8.04. The van der Waals surface area contributed by atoms with Crippen molar-refractivity contribution in [3.8, 4) is 0 Å². The SMILES string of the molecule is C=C(/C=C(\C)NC)NN. The minimum atomic E-state index is 0.696. The molecule has 0 aliphatic rings. The van der Waals surface area contributed by atoms with Gasteiger partial charge >= 0.3 is 0 Å². The molecule has 0 aromatic heterocycles. The Morgan fingerprint density at radius 2 is 2.22 bits per heavy atom. The van der Waals surface area contributed by atoms with Gasteiger partial charge in [0.05, 0.1) is 0 Å². The van der Waals surface area contributed by atoms with Crippen LogP contribution in [0.15, 0.2) is 24.0 Å². The average Bonchev–Trinajstić information content (AvgIpc) is 1.87. The van der Waals surface area contributed by atoms with Crippen LogP contribution in [0.4, 0.5) is 0 Å². The van der Waals surface area contributed by atoms with E-state index in [1.165, 1.54) is 0 Å². The van der Waals surface area contributed by atoms with Crippen LogP contribution in [-0.4, -0.2) is 7.05 Å². The molecule has 0 aliphatic carbocycles. The topological polar surface area (TPSA) is 50.1 Å². The molecule has 0 rings (SSSR count). The standard InChI is InChI=1S/C6H13N3/c1-5(8-3)4-6(2)9-7/h4,8-9H,2,7H2,1,3H3/b5-4+. The zero-order valence-corrected chi connectivity index (χ0v) is 5.86. The molecule has 0 spiro atoms. The van der Waals surface area contributed by atoms with Crippen molar-refractivity contribution in [3.05, 3.63) is 24.0 Å². The molecule has 0 saturated carbocycles. The third kappa shape index (κ3) is 3.61. The van der Waals surface area contributed by atoms with Crippen molar-refractivity contribution in [1.82, 2.24) is 10.7 Å². The van der Waals surface area contributed by atoms with Crippen LogP contribution < -0.4 is 16.6 Å². The van der Waals surface area contributed by atoms with Gasteiger partial charge in [0.25, 0.3) is 0 Å². The Hall–Kier alpha value is -0.960. The second-order valence-electron chi connectivity index (χ2n) is 1.75. The number of hydrogen-bond acceptors (Lipinski definition) is 3. The lowest BCUT2D eigenvalue weighted by atomic mass is 10.4. The first-order valence-electron chi connectivity index (χ1n) is 2.72. The normalized spacial score (nSPS) is 10.8. The third-order valence-electron chi connectivity index (χ3n) is 0.970. The van der Waals surface area contributed by atoms with Crippen molar-refractivity contribution in [3.63, 3.8) is 0 Å². The van der Waals surface area contributed by atoms with E-state index in [4.69, 9.17) is 5.84 Å². The predicted octanol–water partition coefficient (Wildman–Crippen LogP) is 0.0866. The number of nitrogens with two attached hydrogens (primary N) is 1. The summed E-state index contributed by atoms with van der Waals surface area (Å²) in [6.45, 7) is 5.54. The minimum Gasteiger partial charge on any atom is -0.392 e. The van der Waals surface area contributed by atoms with E-state index in [0.717, 1.165) is 5.70 Å². The van der Waals surface area contributed by atoms with Gasteiger partial charge in [-0.05, 0) is 13.0 Å². The molecule has 4 N–H and O–H groups in total. The van der Waals surface area contributed by atoms with Crippen molar-refractivity contribution in [2.45, 2.75) is 6.92 Å². The Balaban J connectivity index is 3.79. The lowest BCUT2D eigenvalue weighted by Crippen LogP contribution is -2.19. The molecule has 0 radical (unpaired) electrons. The Morgan fingerprint density at radius 3 is 2.56 bits per heavy atom. The summed E-state index contributed by atoms with van der Waals surface area (Å²) in [6, 6.07) is 0. The Morgan fingerprint density at radius 1 is 1.67 bits per heavy atom. The first-order chi connectivity index (χ1) is 4.20. The largest absolute Gasteiger partial charge is 0.392 e. The zero-order valence-electron chi connectivity index (χ0n) is 5.86. The van der Waals surface area contributed by atoms with Crippen molar-refractivity contribution in [1.29, 1.82) is 0 Å². The summed E-state index contributed by atoms with van der Waals surface area (Å²) in [6.07, 6.45) is 1.82. The van der Waals surface area contributed by atoms with Crippen LogP contribution >= 0.6 is 0 Å². The number of hydrogen-bond donors (Lipinski definition) is 3. The van der Waals surface area contributed by atoms with Gasteiger partial charge in [-0.1, -0.05) is 6.58 Å². The van der Waals surface area contributed by atoms with E-state index in [9.17, 15) is 0 Å². The summed E-state index contributed by atoms with van der Waals surface area (Å²) >= 11 is 0. The van der Waals surface area contributed by atoms with E-state index in [1.54, 1.807) is 0 Å². The summed E-state index contributed by atoms with van der Waals surface area (Å²) < 4.78 is 0. The fraction of sp³-hybridized carbons (Fsp3) is 0.333. The van der Waals surface area contributed by atoms with Gasteiger partial charge in [-0.3, -0.25) is 5.84 Å². The van der Waals surface area contributed by atoms with Gasteiger partial charge in [0.1, 0.15) is 0 Å². The van der Waals surface area contributed by atoms with E-state index in [-0.39, 0.29) is 0 Å². The smallest absolute Gasteiger partial charge is 0.0430 e. The molecule has 0 aliphatic heterocycles. The molecular formula is C6H13N3. The summed E-state index contributed by atoms with van der Waals surface area (Å²) in [5, 5.41) is 2.93. The molecule has 0 unspecified atom stereocenters. The summed E-state index contributed by atoms with van der Waals surface area (Å²) in [7, 11) is 1.84. The fourth-order valence-corrected chi connectivity index (χ4v) is 0.375. The van der Waals surface area contributed by atoms with Crippen LogP contribution in [-0.2, 0) is 0 Å². The maximum atomic E-state index is 5.05. The second kappa shape index (κ2) is 3.97. The summed E-state index contributed by atoms with van der Waals surface area (Å²) in [4.78, 5) is 0. The minimum absolute atomic E-state index is 0.696. The molecule has 9 heavy (non-hydrogen) atoms. The Labute approximate surface area is 55.6 Å². The molecule has 0 amide bonds. The van der Waals surface area contributed by atoms with Crippen LogP contribution in [0.5, 0.6) is 0 Å². The van der Waals surface area contributed by atoms with Gasteiger partial charge < -0.3 is 10.7 Å². The molecule has 0 fully saturated rings. The predicted molar refractivity (Wildman–Crippen MR) is 39.3 cm³/mol. The number of nitrogens with one attached hydrogen (secondary N) is 2. The highest BCUT2D eigenvalue weighted by Gasteiger charge is 1.83. The van der Waals surface area contributed by atoms with Gasteiger partial charge in [0.2, 0.25) is 0 Å². The molecule has 0 atom stereocenters. The average molecular weight is 127 g/mol. The van der Waals surface area contributed by atoms with Crippen LogP contribution in [0.25, 0.3) is 0 Å². The lowest BCUT2D eigenvalue weighted by Gasteiger charge is -2.00. The summed E-state index contributed by atoms with van der Waals surface area (Å²) in [5.74, 6) is 5.05. The Bertz CT molecular complexity index is 126. The van der Waals surface area contributed by atoms with E-state index >= 15 is 0 Å². The highest BCUT2D eigenvalue weighted by molar-refractivity contribution is 5.15. The summed E-state index contributed by atoms with van der Waals surface area (Å²) in [5.41, 5.74) is 4.14. The lowest BCUT2D eigenvalue weighted by molar-refractivity contribution is 0.902. The fourth-order valence-electron chi connectivity index (χ4n) is 0.375. The van der Waals surface area contributed by atoms with Crippen LogP contribution in [0, 0.1) is 0 Å². The first-order valence-corrected chi connectivity index (χ1v) is 2.72. The van der Waals surface area contributed by atoms with Gasteiger partial charge in [-0.25, -0.2) is 0 Å². The quantitative estimate of drug-likeness (QED) is 0.286.